The van der Waals surface area contributed by atoms with E-state index in [0.717, 1.165) is 5.56 Å². The van der Waals surface area contributed by atoms with Crippen molar-refractivity contribution < 1.29 is 0 Å². The van der Waals surface area contributed by atoms with Crippen molar-refractivity contribution >= 4 is 17.2 Å². The second-order valence-corrected chi connectivity index (χ2v) is 3.51. The molecule has 0 amide bonds. The largest absolute Gasteiger partial charge is 0.382 e. The fraction of sp³-hybridized carbons (Fsp3) is 0.182. The number of hydrogen-bond donors (Lipinski definition) is 0. The summed E-state index contributed by atoms with van der Waals surface area (Å²) in [7, 11) is 3.74. The number of benzene rings is 1. The van der Waals surface area contributed by atoms with Gasteiger partial charge in [0.05, 0.1) is 5.57 Å². The number of rotatable bonds is 2. The number of nitriles is 1. The first-order valence-corrected chi connectivity index (χ1v) is 4.56. The van der Waals surface area contributed by atoms with E-state index in [9.17, 15) is 0 Å². The maximum absolute atomic E-state index is 8.95. The Bertz CT molecular complexity index is 389. The van der Waals surface area contributed by atoms with Gasteiger partial charge in [-0.05, 0) is 6.07 Å². The summed E-state index contributed by atoms with van der Waals surface area (Å²) in [6, 6.07) is 9.44. The van der Waals surface area contributed by atoms with Crippen LogP contribution in [0, 0.1) is 11.3 Å². The van der Waals surface area contributed by atoms with Gasteiger partial charge in [-0.1, -0.05) is 29.8 Å². The summed E-state index contributed by atoms with van der Waals surface area (Å²) in [4.78, 5) is 1.82. The molecule has 1 rings (SSSR count). The predicted octanol–water partition coefficient (Wildman–Crippen LogP) is 2.77. The standard InChI is InChI=1S/C11H11ClN2/c1-14(2)8-9(7-13)10-5-3-4-6-11(10)12/h3-6,8H,1-2H3/b9-8+. The van der Waals surface area contributed by atoms with Crippen LogP contribution >= 0.6 is 11.6 Å². The molecule has 0 unspecified atom stereocenters. The monoisotopic (exact) mass is 206 g/mol. The predicted molar refractivity (Wildman–Crippen MR) is 58.7 cm³/mol. The molecule has 0 heterocycles. The Morgan fingerprint density at radius 3 is 2.57 bits per heavy atom. The average Bonchev–Trinajstić information content (AvgIpc) is 2.15. The second-order valence-electron chi connectivity index (χ2n) is 3.10. The lowest BCUT2D eigenvalue weighted by Gasteiger charge is -2.07. The summed E-state index contributed by atoms with van der Waals surface area (Å²) in [5.74, 6) is 0. The molecular weight excluding hydrogens is 196 g/mol. The van der Waals surface area contributed by atoms with Crippen LogP contribution < -0.4 is 0 Å². The number of allylic oxidation sites excluding steroid dienone is 1. The molecule has 1 aromatic carbocycles. The fourth-order valence-corrected chi connectivity index (χ4v) is 1.33. The van der Waals surface area contributed by atoms with Crippen molar-refractivity contribution in [1.82, 2.24) is 4.90 Å². The van der Waals surface area contributed by atoms with Gasteiger partial charge in [0.15, 0.2) is 0 Å². The maximum Gasteiger partial charge on any atom is 0.101 e. The zero-order valence-electron chi connectivity index (χ0n) is 8.16. The highest BCUT2D eigenvalue weighted by molar-refractivity contribution is 6.32. The Labute approximate surface area is 89.0 Å². The Morgan fingerprint density at radius 1 is 1.43 bits per heavy atom. The van der Waals surface area contributed by atoms with Gasteiger partial charge in [0.2, 0.25) is 0 Å². The summed E-state index contributed by atoms with van der Waals surface area (Å²) in [5, 5.41) is 9.55. The van der Waals surface area contributed by atoms with Crippen LogP contribution in [-0.4, -0.2) is 19.0 Å². The third kappa shape index (κ3) is 2.51. The van der Waals surface area contributed by atoms with Crippen LogP contribution in [0.2, 0.25) is 5.02 Å². The fourth-order valence-electron chi connectivity index (χ4n) is 1.10. The van der Waals surface area contributed by atoms with Crippen molar-refractivity contribution in [1.29, 1.82) is 5.26 Å². The van der Waals surface area contributed by atoms with Gasteiger partial charge in [-0.15, -0.1) is 0 Å². The minimum atomic E-state index is 0.570. The van der Waals surface area contributed by atoms with Gasteiger partial charge in [0.1, 0.15) is 6.07 Å². The molecule has 72 valence electrons. The molecule has 0 saturated carbocycles. The van der Waals surface area contributed by atoms with Gasteiger partial charge in [0, 0.05) is 30.9 Å². The van der Waals surface area contributed by atoms with E-state index in [4.69, 9.17) is 16.9 Å². The lowest BCUT2D eigenvalue weighted by atomic mass is 10.1. The quantitative estimate of drug-likeness (QED) is 0.696. The molecule has 14 heavy (non-hydrogen) atoms. The molecule has 2 nitrogen and oxygen atoms in total. The highest BCUT2D eigenvalue weighted by atomic mass is 35.5. The van der Waals surface area contributed by atoms with Crippen molar-refractivity contribution in [2.75, 3.05) is 14.1 Å². The number of hydrogen-bond acceptors (Lipinski definition) is 2. The Balaban J connectivity index is 3.16. The molecular formula is C11H11ClN2. The Morgan fingerprint density at radius 2 is 2.07 bits per heavy atom. The highest BCUT2D eigenvalue weighted by Gasteiger charge is 2.04. The molecule has 0 atom stereocenters. The van der Waals surface area contributed by atoms with Crippen LogP contribution in [0.25, 0.3) is 5.57 Å². The molecule has 0 bridgehead atoms. The average molecular weight is 207 g/mol. The SMILES string of the molecule is CN(C)/C=C(\C#N)c1ccccc1Cl. The van der Waals surface area contributed by atoms with Crippen molar-refractivity contribution in [3.05, 3.63) is 41.1 Å². The van der Waals surface area contributed by atoms with Crippen LogP contribution in [0.3, 0.4) is 0 Å². The van der Waals surface area contributed by atoms with Crippen LogP contribution in [-0.2, 0) is 0 Å². The van der Waals surface area contributed by atoms with Crippen molar-refractivity contribution in [2.24, 2.45) is 0 Å². The van der Waals surface area contributed by atoms with Crippen molar-refractivity contribution in [2.45, 2.75) is 0 Å². The van der Waals surface area contributed by atoms with Gasteiger partial charge in [-0.3, -0.25) is 0 Å². The maximum atomic E-state index is 8.95. The van der Waals surface area contributed by atoms with Gasteiger partial charge in [0.25, 0.3) is 0 Å². The summed E-state index contributed by atoms with van der Waals surface area (Å²) in [6.45, 7) is 0. The van der Waals surface area contributed by atoms with E-state index >= 15 is 0 Å². The van der Waals surface area contributed by atoms with Gasteiger partial charge in [-0.25, -0.2) is 0 Å². The summed E-state index contributed by atoms with van der Waals surface area (Å²) >= 11 is 5.97. The van der Waals surface area contributed by atoms with Crippen molar-refractivity contribution in [3.8, 4) is 6.07 Å². The Hall–Kier alpha value is -1.46. The van der Waals surface area contributed by atoms with Crippen LogP contribution in [0.15, 0.2) is 30.5 Å². The van der Waals surface area contributed by atoms with Crippen LogP contribution in [0.4, 0.5) is 0 Å². The first-order chi connectivity index (χ1) is 6.65. The zero-order valence-corrected chi connectivity index (χ0v) is 8.92. The first kappa shape index (κ1) is 10.6. The molecule has 0 radical (unpaired) electrons. The lowest BCUT2D eigenvalue weighted by Crippen LogP contribution is -2.02. The molecule has 0 aromatic heterocycles. The summed E-state index contributed by atoms with van der Waals surface area (Å²) < 4.78 is 0. The van der Waals surface area contributed by atoms with E-state index in [-0.39, 0.29) is 0 Å². The third-order valence-electron chi connectivity index (χ3n) is 1.67. The van der Waals surface area contributed by atoms with E-state index in [1.807, 2.05) is 37.2 Å². The second kappa shape index (κ2) is 4.69. The molecule has 0 saturated heterocycles. The van der Waals surface area contributed by atoms with Crippen LogP contribution in [0.1, 0.15) is 5.56 Å². The smallest absolute Gasteiger partial charge is 0.101 e. The summed E-state index contributed by atoms with van der Waals surface area (Å²) in [5.41, 5.74) is 1.34. The topological polar surface area (TPSA) is 27.0 Å². The molecule has 0 aliphatic rings. The number of nitrogens with zero attached hydrogens (tertiary/aromatic N) is 2. The Kier molecular flexibility index (Phi) is 3.55. The van der Waals surface area contributed by atoms with E-state index in [2.05, 4.69) is 6.07 Å². The molecule has 1 aromatic rings. The number of halogens is 1. The van der Waals surface area contributed by atoms with E-state index in [0.29, 0.717) is 10.6 Å². The molecule has 0 fully saturated rings. The normalized spacial score (nSPS) is 10.9. The first-order valence-electron chi connectivity index (χ1n) is 4.18. The lowest BCUT2D eigenvalue weighted by molar-refractivity contribution is 0.566. The molecule has 3 heteroatoms. The van der Waals surface area contributed by atoms with Crippen molar-refractivity contribution in [3.63, 3.8) is 0 Å². The van der Waals surface area contributed by atoms with Gasteiger partial charge < -0.3 is 4.90 Å². The minimum Gasteiger partial charge on any atom is -0.382 e. The van der Waals surface area contributed by atoms with Gasteiger partial charge in [-0.2, -0.15) is 5.26 Å². The molecule has 0 spiro atoms. The van der Waals surface area contributed by atoms with Gasteiger partial charge >= 0.3 is 0 Å². The highest BCUT2D eigenvalue weighted by Crippen LogP contribution is 2.22. The molecule has 0 aliphatic heterocycles. The third-order valence-corrected chi connectivity index (χ3v) is 2.00. The van der Waals surface area contributed by atoms with E-state index in [1.54, 1.807) is 12.3 Å². The zero-order chi connectivity index (χ0) is 10.6. The summed E-state index contributed by atoms with van der Waals surface area (Å²) in [6.07, 6.45) is 1.75. The van der Waals surface area contributed by atoms with E-state index < -0.39 is 0 Å². The molecule has 0 N–H and O–H groups in total. The van der Waals surface area contributed by atoms with E-state index in [1.165, 1.54) is 0 Å². The molecule has 0 aliphatic carbocycles. The van der Waals surface area contributed by atoms with Crippen LogP contribution in [0.5, 0.6) is 0 Å². The minimum absolute atomic E-state index is 0.570.